The molecule has 0 fully saturated rings. The zero-order valence-electron chi connectivity index (χ0n) is 10.6. The lowest BCUT2D eigenvalue weighted by Crippen LogP contribution is -2.22. The number of aromatic nitrogens is 3. The lowest BCUT2D eigenvalue weighted by molar-refractivity contribution is 0.578. The molecule has 0 bridgehead atoms. The van der Waals surface area contributed by atoms with Crippen molar-refractivity contribution < 1.29 is 0 Å². The Morgan fingerprint density at radius 2 is 2.11 bits per heavy atom. The summed E-state index contributed by atoms with van der Waals surface area (Å²) in [5, 5.41) is 11.4. The van der Waals surface area contributed by atoms with Gasteiger partial charge in [0.15, 0.2) is 0 Å². The van der Waals surface area contributed by atoms with Crippen LogP contribution in [0.3, 0.4) is 0 Å². The second kappa shape index (κ2) is 6.16. The van der Waals surface area contributed by atoms with Crippen molar-refractivity contribution in [2.24, 2.45) is 5.73 Å². The SMILES string of the molecule is CCCn1nncc1NC(CN)c1ccccc1. The van der Waals surface area contributed by atoms with Crippen molar-refractivity contribution in [3.63, 3.8) is 0 Å². The summed E-state index contributed by atoms with van der Waals surface area (Å²) in [5.74, 6) is 0.913. The predicted molar refractivity (Wildman–Crippen MR) is 72.2 cm³/mol. The molecule has 0 saturated heterocycles. The van der Waals surface area contributed by atoms with Gasteiger partial charge in [0.2, 0.25) is 0 Å². The molecule has 2 rings (SSSR count). The summed E-state index contributed by atoms with van der Waals surface area (Å²) in [7, 11) is 0. The maximum Gasteiger partial charge on any atom is 0.145 e. The van der Waals surface area contributed by atoms with Crippen molar-refractivity contribution in [2.45, 2.75) is 25.9 Å². The zero-order valence-corrected chi connectivity index (χ0v) is 10.6. The van der Waals surface area contributed by atoms with Crippen LogP contribution in [0, 0.1) is 0 Å². The Bertz CT molecular complexity index is 465. The number of hydrogen-bond donors (Lipinski definition) is 2. The van der Waals surface area contributed by atoms with Crippen LogP contribution in [-0.4, -0.2) is 21.5 Å². The van der Waals surface area contributed by atoms with Crippen molar-refractivity contribution in [1.82, 2.24) is 15.0 Å². The third-order valence-corrected chi connectivity index (χ3v) is 2.81. The molecule has 1 heterocycles. The molecule has 0 saturated carbocycles. The van der Waals surface area contributed by atoms with Crippen LogP contribution in [0.15, 0.2) is 36.5 Å². The molecule has 1 atom stereocenters. The quantitative estimate of drug-likeness (QED) is 0.814. The maximum atomic E-state index is 5.83. The Kier molecular flexibility index (Phi) is 4.30. The van der Waals surface area contributed by atoms with Crippen molar-refractivity contribution in [3.05, 3.63) is 42.1 Å². The van der Waals surface area contributed by atoms with Gasteiger partial charge in [0, 0.05) is 13.1 Å². The normalized spacial score (nSPS) is 12.3. The summed E-state index contributed by atoms with van der Waals surface area (Å²) in [6.07, 6.45) is 2.76. The molecule has 5 heteroatoms. The fourth-order valence-corrected chi connectivity index (χ4v) is 1.89. The molecule has 3 N–H and O–H groups in total. The number of rotatable bonds is 6. The van der Waals surface area contributed by atoms with Crippen LogP contribution in [0.25, 0.3) is 0 Å². The predicted octanol–water partition coefficient (Wildman–Crippen LogP) is 1.80. The fourth-order valence-electron chi connectivity index (χ4n) is 1.89. The van der Waals surface area contributed by atoms with E-state index in [0.29, 0.717) is 6.54 Å². The molecule has 1 unspecified atom stereocenters. The topological polar surface area (TPSA) is 68.8 Å². The number of nitrogens with one attached hydrogen (secondary N) is 1. The van der Waals surface area contributed by atoms with E-state index in [1.165, 1.54) is 5.56 Å². The van der Waals surface area contributed by atoms with Crippen molar-refractivity contribution >= 4 is 5.82 Å². The highest BCUT2D eigenvalue weighted by Crippen LogP contribution is 2.17. The fraction of sp³-hybridized carbons (Fsp3) is 0.385. The molecule has 18 heavy (non-hydrogen) atoms. The highest BCUT2D eigenvalue weighted by Gasteiger charge is 2.11. The van der Waals surface area contributed by atoms with Gasteiger partial charge in [0.25, 0.3) is 0 Å². The van der Waals surface area contributed by atoms with E-state index < -0.39 is 0 Å². The minimum absolute atomic E-state index is 0.0836. The Morgan fingerprint density at radius 1 is 1.33 bits per heavy atom. The molecular formula is C13H19N5. The summed E-state index contributed by atoms with van der Waals surface area (Å²) in [4.78, 5) is 0. The van der Waals surface area contributed by atoms with Crippen LogP contribution in [0.5, 0.6) is 0 Å². The molecule has 1 aromatic heterocycles. The third-order valence-electron chi connectivity index (χ3n) is 2.81. The van der Waals surface area contributed by atoms with E-state index in [1.54, 1.807) is 6.20 Å². The molecule has 0 spiro atoms. The van der Waals surface area contributed by atoms with E-state index in [4.69, 9.17) is 5.73 Å². The molecule has 0 aliphatic rings. The standard InChI is InChI=1S/C13H19N5/c1-2-8-18-13(10-15-17-18)16-12(9-14)11-6-4-3-5-7-11/h3-7,10,12,16H,2,8-9,14H2,1H3. The second-order valence-corrected chi connectivity index (χ2v) is 4.19. The van der Waals surface area contributed by atoms with E-state index in [1.807, 2.05) is 22.9 Å². The Balaban J connectivity index is 2.13. The molecule has 0 aliphatic heterocycles. The maximum absolute atomic E-state index is 5.83. The number of benzene rings is 1. The highest BCUT2D eigenvalue weighted by molar-refractivity contribution is 5.36. The largest absolute Gasteiger partial charge is 0.361 e. The summed E-state index contributed by atoms with van der Waals surface area (Å²) in [6.45, 7) is 3.50. The van der Waals surface area contributed by atoms with Crippen molar-refractivity contribution in [3.8, 4) is 0 Å². The first-order chi connectivity index (χ1) is 8.85. The summed E-state index contributed by atoms with van der Waals surface area (Å²) < 4.78 is 1.87. The molecule has 0 radical (unpaired) electrons. The van der Waals surface area contributed by atoms with Gasteiger partial charge < -0.3 is 11.1 Å². The van der Waals surface area contributed by atoms with Crippen molar-refractivity contribution in [1.29, 1.82) is 0 Å². The van der Waals surface area contributed by atoms with Gasteiger partial charge in [-0.25, -0.2) is 4.68 Å². The first-order valence-corrected chi connectivity index (χ1v) is 6.25. The Morgan fingerprint density at radius 3 is 2.78 bits per heavy atom. The highest BCUT2D eigenvalue weighted by atomic mass is 15.5. The summed E-state index contributed by atoms with van der Waals surface area (Å²) in [5.41, 5.74) is 7.00. The van der Waals surface area contributed by atoms with E-state index in [0.717, 1.165) is 18.8 Å². The first-order valence-electron chi connectivity index (χ1n) is 6.25. The van der Waals surface area contributed by atoms with Crippen molar-refractivity contribution in [2.75, 3.05) is 11.9 Å². The zero-order chi connectivity index (χ0) is 12.8. The summed E-state index contributed by atoms with van der Waals surface area (Å²) in [6, 6.07) is 10.2. The van der Waals surface area contributed by atoms with E-state index >= 15 is 0 Å². The number of hydrogen-bond acceptors (Lipinski definition) is 4. The minimum Gasteiger partial charge on any atom is -0.361 e. The minimum atomic E-state index is 0.0836. The van der Waals surface area contributed by atoms with Crippen LogP contribution in [0.1, 0.15) is 24.9 Å². The number of nitrogens with two attached hydrogens (primary N) is 1. The van der Waals surface area contributed by atoms with E-state index in [-0.39, 0.29) is 6.04 Å². The lowest BCUT2D eigenvalue weighted by atomic mass is 10.1. The van der Waals surface area contributed by atoms with E-state index in [2.05, 4.69) is 34.7 Å². The van der Waals surface area contributed by atoms with Gasteiger partial charge in [0.1, 0.15) is 5.82 Å². The molecule has 5 nitrogen and oxygen atoms in total. The molecule has 96 valence electrons. The average Bonchev–Trinajstić information content (AvgIpc) is 2.85. The number of aryl methyl sites for hydroxylation is 1. The number of nitrogens with zero attached hydrogens (tertiary/aromatic N) is 3. The second-order valence-electron chi connectivity index (χ2n) is 4.19. The van der Waals surface area contributed by atoms with Gasteiger partial charge in [-0.15, -0.1) is 5.10 Å². The van der Waals surface area contributed by atoms with Crippen LogP contribution >= 0.6 is 0 Å². The summed E-state index contributed by atoms with van der Waals surface area (Å²) >= 11 is 0. The molecule has 2 aromatic rings. The van der Waals surface area contributed by atoms with Gasteiger partial charge in [-0.2, -0.15) is 0 Å². The Hall–Kier alpha value is -1.88. The average molecular weight is 245 g/mol. The smallest absolute Gasteiger partial charge is 0.145 e. The Labute approximate surface area is 107 Å². The van der Waals surface area contributed by atoms with Gasteiger partial charge in [-0.05, 0) is 12.0 Å². The van der Waals surface area contributed by atoms with Gasteiger partial charge in [-0.3, -0.25) is 0 Å². The van der Waals surface area contributed by atoms with Gasteiger partial charge in [-0.1, -0.05) is 42.5 Å². The monoisotopic (exact) mass is 245 g/mol. The van der Waals surface area contributed by atoms with Crippen LogP contribution in [0.2, 0.25) is 0 Å². The van der Waals surface area contributed by atoms with E-state index in [9.17, 15) is 0 Å². The number of anilines is 1. The van der Waals surface area contributed by atoms with Gasteiger partial charge in [0.05, 0.1) is 12.2 Å². The first kappa shape index (κ1) is 12.6. The molecule has 0 amide bonds. The molecule has 1 aromatic carbocycles. The third kappa shape index (κ3) is 2.87. The lowest BCUT2D eigenvalue weighted by Gasteiger charge is -2.18. The molecular weight excluding hydrogens is 226 g/mol. The van der Waals surface area contributed by atoms with Crippen LogP contribution in [0.4, 0.5) is 5.82 Å². The van der Waals surface area contributed by atoms with Gasteiger partial charge >= 0.3 is 0 Å². The van der Waals surface area contributed by atoms with Crippen LogP contribution < -0.4 is 11.1 Å². The molecule has 0 aliphatic carbocycles. The van der Waals surface area contributed by atoms with Crippen LogP contribution in [-0.2, 0) is 6.54 Å².